The standard InChI is InChI=1S/C18H19FN4O/c19-14-6-8-15(9-7-14)20-16-4-2-10-23(12-16)11-13-3-1-5-17-18(13)22-24-21-17/h1,3,5-9,16,20H,2,4,10-12H2. The second-order valence-corrected chi connectivity index (χ2v) is 6.27. The number of halogens is 1. The summed E-state index contributed by atoms with van der Waals surface area (Å²) in [7, 11) is 0. The molecule has 1 N–H and O–H groups in total. The summed E-state index contributed by atoms with van der Waals surface area (Å²) in [5.41, 5.74) is 3.74. The number of piperidine rings is 1. The van der Waals surface area contributed by atoms with Crippen molar-refractivity contribution in [1.29, 1.82) is 0 Å². The molecule has 24 heavy (non-hydrogen) atoms. The largest absolute Gasteiger partial charge is 0.381 e. The van der Waals surface area contributed by atoms with Gasteiger partial charge in [0.2, 0.25) is 0 Å². The Balaban J connectivity index is 1.43. The monoisotopic (exact) mass is 326 g/mol. The number of aromatic nitrogens is 2. The molecule has 1 aromatic heterocycles. The maximum atomic E-state index is 13.0. The zero-order chi connectivity index (χ0) is 16.4. The van der Waals surface area contributed by atoms with Gasteiger partial charge in [-0.05, 0) is 65.6 Å². The van der Waals surface area contributed by atoms with Crippen LogP contribution in [0, 0.1) is 5.82 Å². The Hall–Kier alpha value is -2.47. The molecule has 5 nitrogen and oxygen atoms in total. The van der Waals surface area contributed by atoms with Gasteiger partial charge in [0.1, 0.15) is 16.9 Å². The lowest BCUT2D eigenvalue weighted by Gasteiger charge is -2.33. The minimum absolute atomic E-state index is 0.208. The summed E-state index contributed by atoms with van der Waals surface area (Å²) in [6.45, 7) is 2.83. The van der Waals surface area contributed by atoms with Crippen LogP contribution in [0.2, 0.25) is 0 Å². The maximum absolute atomic E-state index is 13.0. The van der Waals surface area contributed by atoms with Gasteiger partial charge < -0.3 is 5.32 Å². The molecule has 0 spiro atoms. The lowest BCUT2D eigenvalue weighted by atomic mass is 10.0. The van der Waals surface area contributed by atoms with Crippen LogP contribution < -0.4 is 5.32 Å². The second-order valence-electron chi connectivity index (χ2n) is 6.27. The highest BCUT2D eigenvalue weighted by molar-refractivity contribution is 5.76. The molecule has 1 aliphatic rings. The Morgan fingerprint density at radius 2 is 2.04 bits per heavy atom. The number of benzene rings is 2. The highest BCUT2D eigenvalue weighted by Gasteiger charge is 2.21. The van der Waals surface area contributed by atoms with Gasteiger partial charge in [-0.1, -0.05) is 12.1 Å². The van der Waals surface area contributed by atoms with E-state index in [4.69, 9.17) is 4.63 Å². The van der Waals surface area contributed by atoms with Gasteiger partial charge in [-0.2, -0.15) is 0 Å². The Kier molecular flexibility index (Phi) is 4.13. The molecule has 1 unspecified atom stereocenters. The zero-order valence-corrected chi connectivity index (χ0v) is 13.3. The normalized spacial score (nSPS) is 18.8. The average molecular weight is 326 g/mol. The van der Waals surface area contributed by atoms with E-state index in [1.807, 2.05) is 12.1 Å². The number of rotatable bonds is 4. The van der Waals surface area contributed by atoms with Crippen LogP contribution in [0.1, 0.15) is 18.4 Å². The molecule has 4 rings (SSSR count). The summed E-state index contributed by atoms with van der Waals surface area (Å²) in [4.78, 5) is 2.41. The van der Waals surface area contributed by atoms with Crippen LogP contribution in [0.3, 0.4) is 0 Å². The summed E-state index contributed by atoms with van der Waals surface area (Å²) in [6, 6.07) is 12.9. The third kappa shape index (κ3) is 3.23. The van der Waals surface area contributed by atoms with E-state index in [0.717, 1.165) is 54.8 Å². The molecular formula is C18H19FN4O. The summed E-state index contributed by atoms with van der Waals surface area (Å²) in [6.07, 6.45) is 2.25. The van der Waals surface area contributed by atoms with E-state index in [-0.39, 0.29) is 5.82 Å². The number of fused-ring (bicyclic) bond motifs is 1. The van der Waals surface area contributed by atoms with Gasteiger partial charge >= 0.3 is 0 Å². The predicted octanol–water partition coefficient (Wildman–Crippen LogP) is 3.44. The van der Waals surface area contributed by atoms with Gasteiger partial charge in [-0.3, -0.25) is 4.90 Å². The molecule has 0 aliphatic carbocycles. The number of nitrogens with one attached hydrogen (secondary N) is 1. The fraction of sp³-hybridized carbons (Fsp3) is 0.333. The number of likely N-dealkylation sites (tertiary alicyclic amines) is 1. The van der Waals surface area contributed by atoms with Crippen molar-refractivity contribution in [2.45, 2.75) is 25.4 Å². The van der Waals surface area contributed by atoms with Gasteiger partial charge in [0.05, 0.1) is 0 Å². The van der Waals surface area contributed by atoms with Gasteiger partial charge in [0, 0.05) is 24.8 Å². The van der Waals surface area contributed by atoms with Crippen molar-refractivity contribution in [3.63, 3.8) is 0 Å². The molecule has 1 fully saturated rings. The van der Waals surface area contributed by atoms with Gasteiger partial charge in [-0.25, -0.2) is 9.02 Å². The van der Waals surface area contributed by atoms with Crippen LogP contribution in [0.25, 0.3) is 11.0 Å². The highest BCUT2D eigenvalue weighted by Crippen LogP contribution is 2.21. The first-order valence-electron chi connectivity index (χ1n) is 8.22. The van der Waals surface area contributed by atoms with Crippen molar-refractivity contribution in [3.8, 4) is 0 Å². The van der Waals surface area contributed by atoms with Crippen molar-refractivity contribution < 1.29 is 9.02 Å². The van der Waals surface area contributed by atoms with Crippen molar-refractivity contribution in [1.82, 2.24) is 15.2 Å². The van der Waals surface area contributed by atoms with Crippen molar-refractivity contribution in [2.75, 3.05) is 18.4 Å². The quantitative estimate of drug-likeness (QED) is 0.796. The van der Waals surface area contributed by atoms with Gasteiger partial charge in [0.25, 0.3) is 0 Å². The fourth-order valence-corrected chi connectivity index (χ4v) is 3.33. The van der Waals surface area contributed by atoms with E-state index in [1.165, 1.54) is 12.1 Å². The van der Waals surface area contributed by atoms with Crippen LogP contribution >= 0.6 is 0 Å². The van der Waals surface area contributed by atoms with Crippen LogP contribution in [0.5, 0.6) is 0 Å². The smallest absolute Gasteiger partial charge is 0.139 e. The molecule has 0 bridgehead atoms. The van der Waals surface area contributed by atoms with E-state index in [9.17, 15) is 4.39 Å². The summed E-state index contributed by atoms with van der Waals surface area (Å²) >= 11 is 0. The van der Waals surface area contributed by atoms with Crippen LogP contribution in [0.15, 0.2) is 47.1 Å². The second kappa shape index (κ2) is 6.57. The SMILES string of the molecule is Fc1ccc(NC2CCCN(Cc3cccc4nonc34)C2)cc1. The first-order chi connectivity index (χ1) is 11.8. The number of hydrogen-bond donors (Lipinski definition) is 1. The van der Waals surface area contributed by atoms with Crippen molar-refractivity contribution >= 4 is 16.7 Å². The molecule has 124 valence electrons. The van der Waals surface area contributed by atoms with Crippen molar-refractivity contribution in [2.24, 2.45) is 0 Å². The third-order valence-corrected chi connectivity index (χ3v) is 4.48. The number of nitrogens with zero attached hydrogens (tertiary/aromatic N) is 3. The minimum Gasteiger partial charge on any atom is -0.381 e. The summed E-state index contributed by atoms with van der Waals surface area (Å²) in [5, 5.41) is 11.4. The molecule has 0 radical (unpaired) electrons. The molecule has 1 atom stereocenters. The Morgan fingerprint density at radius 1 is 1.17 bits per heavy atom. The van der Waals surface area contributed by atoms with E-state index < -0.39 is 0 Å². The number of hydrogen-bond acceptors (Lipinski definition) is 5. The molecule has 1 saturated heterocycles. The Bertz CT molecular complexity index is 817. The maximum Gasteiger partial charge on any atom is 0.139 e. The topological polar surface area (TPSA) is 54.2 Å². The minimum atomic E-state index is -0.208. The average Bonchev–Trinajstić information content (AvgIpc) is 3.07. The summed E-state index contributed by atoms with van der Waals surface area (Å²) in [5.74, 6) is -0.208. The highest BCUT2D eigenvalue weighted by atomic mass is 19.1. The van der Waals surface area contributed by atoms with E-state index in [0.29, 0.717) is 6.04 Å². The molecule has 3 aromatic rings. The molecule has 2 heterocycles. The molecular weight excluding hydrogens is 307 g/mol. The first kappa shape index (κ1) is 15.1. The van der Waals surface area contributed by atoms with Crippen LogP contribution in [-0.4, -0.2) is 34.3 Å². The number of anilines is 1. The molecule has 6 heteroatoms. The third-order valence-electron chi connectivity index (χ3n) is 4.48. The molecule has 0 amide bonds. The Labute approximate surface area is 139 Å². The van der Waals surface area contributed by atoms with Crippen LogP contribution in [-0.2, 0) is 6.54 Å². The summed E-state index contributed by atoms with van der Waals surface area (Å²) < 4.78 is 17.9. The van der Waals surface area contributed by atoms with Crippen molar-refractivity contribution in [3.05, 3.63) is 53.8 Å². The van der Waals surface area contributed by atoms with E-state index in [1.54, 1.807) is 12.1 Å². The molecule has 2 aromatic carbocycles. The van der Waals surface area contributed by atoms with Gasteiger partial charge in [0.15, 0.2) is 0 Å². The zero-order valence-electron chi connectivity index (χ0n) is 13.3. The first-order valence-corrected chi connectivity index (χ1v) is 8.22. The molecule has 1 aliphatic heterocycles. The van der Waals surface area contributed by atoms with Gasteiger partial charge in [-0.15, -0.1) is 0 Å². The fourth-order valence-electron chi connectivity index (χ4n) is 3.33. The predicted molar refractivity (Wildman–Crippen MR) is 90.1 cm³/mol. The molecule has 0 saturated carbocycles. The van der Waals surface area contributed by atoms with Crippen LogP contribution in [0.4, 0.5) is 10.1 Å². The Morgan fingerprint density at radius 3 is 2.92 bits per heavy atom. The lowest BCUT2D eigenvalue weighted by molar-refractivity contribution is 0.209. The van der Waals surface area contributed by atoms with E-state index in [2.05, 4.69) is 26.6 Å². The van der Waals surface area contributed by atoms with E-state index >= 15 is 0 Å². The lowest BCUT2D eigenvalue weighted by Crippen LogP contribution is -2.41.